The van der Waals surface area contributed by atoms with Crippen LogP contribution < -0.4 is 10.6 Å². The number of amides is 2. The number of nitrogens with zero attached hydrogens (tertiary/aromatic N) is 3. The third kappa shape index (κ3) is 3.11. The molecular formula is C18H14ClN5O2S. The van der Waals surface area contributed by atoms with Gasteiger partial charge in [-0.2, -0.15) is 9.61 Å². The fourth-order valence-electron chi connectivity index (χ4n) is 3.01. The maximum atomic E-state index is 11.9. The molecule has 7 nitrogen and oxygen atoms in total. The lowest BCUT2D eigenvalue weighted by Gasteiger charge is -2.09. The van der Waals surface area contributed by atoms with E-state index in [1.54, 1.807) is 16.8 Å². The van der Waals surface area contributed by atoms with Crippen molar-refractivity contribution in [2.75, 3.05) is 5.32 Å². The predicted octanol–water partition coefficient (Wildman–Crippen LogP) is 3.12. The second-order valence-electron chi connectivity index (χ2n) is 6.61. The number of aromatic nitrogens is 3. The molecule has 0 spiro atoms. The molecule has 2 fully saturated rings. The number of carbonyl (C=O) groups is 2. The molecule has 1 aliphatic carbocycles. The molecule has 2 aliphatic rings. The van der Waals surface area contributed by atoms with Crippen LogP contribution in [0.5, 0.6) is 0 Å². The molecule has 0 radical (unpaired) electrons. The summed E-state index contributed by atoms with van der Waals surface area (Å²) in [5, 5.41) is 10.2. The maximum Gasteiger partial charge on any atom is 0.254 e. The van der Waals surface area contributed by atoms with Gasteiger partial charge in [-0.15, -0.1) is 11.3 Å². The SMILES string of the molecule is O=C1C/C(=C\c2cnn3c(NC4CC4)cc(-c4ccc(Cl)s4)nc23)C(=O)N1. The van der Waals surface area contributed by atoms with E-state index in [-0.39, 0.29) is 18.2 Å². The van der Waals surface area contributed by atoms with Crippen molar-refractivity contribution < 1.29 is 9.59 Å². The Morgan fingerprint density at radius 1 is 1.33 bits per heavy atom. The number of thiophene rings is 1. The van der Waals surface area contributed by atoms with Crippen molar-refractivity contribution in [3.8, 4) is 10.6 Å². The van der Waals surface area contributed by atoms with Crippen LogP contribution in [-0.4, -0.2) is 32.5 Å². The number of rotatable bonds is 4. The minimum atomic E-state index is -0.364. The lowest BCUT2D eigenvalue weighted by atomic mass is 10.1. The van der Waals surface area contributed by atoms with E-state index >= 15 is 0 Å². The highest BCUT2D eigenvalue weighted by atomic mass is 35.5. The van der Waals surface area contributed by atoms with E-state index in [1.165, 1.54) is 11.3 Å². The molecular weight excluding hydrogens is 386 g/mol. The Labute approximate surface area is 163 Å². The van der Waals surface area contributed by atoms with E-state index in [0.717, 1.165) is 29.2 Å². The molecule has 1 aliphatic heterocycles. The largest absolute Gasteiger partial charge is 0.367 e. The molecule has 27 heavy (non-hydrogen) atoms. The van der Waals surface area contributed by atoms with Gasteiger partial charge in [0.15, 0.2) is 5.65 Å². The van der Waals surface area contributed by atoms with Crippen molar-refractivity contribution in [2.24, 2.45) is 0 Å². The van der Waals surface area contributed by atoms with Gasteiger partial charge in [-0.3, -0.25) is 14.9 Å². The van der Waals surface area contributed by atoms with Gasteiger partial charge in [-0.1, -0.05) is 11.6 Å². The summed E-state index contributed by atoms with van der Waals surface area (Å²) >= 11 is 7.54. The van der Waals surface area contributed by atoms with Gasteiger partial charge in [0, 0.05) is 23.2 Å². The quantitative estimate of drug-likeness (QED) is 0.519. The summed E-state index contributed by atoms with van der Waals surface area (Å²) in [5.74, 6) is 0.191. The minimum absolute atomic E-state index is 0.0730. The van der Waals surface area contributed by atoms with Crippen LogP contribution in [0.15, 0.2) is 30.0 Å². The van der Waals surface area contributed by atoms with Crippen LogP contribution in [0.25, 0.3) is 22.3 Å². The standard InChI is InChI=1S/C18H14ClN5O2S/c19-14-4-3-13(27-14)12-7-15(21-11-1-2-11)24-17(22-12)10(8-20-24)5-9-6-16(25)23-18(9)26/h3-5,7-8,11,21H,1-2,6H2,(H,23,25,26)/b9-5+. The second-order valence-corrected chi connectivity index (χ2v) is 8.32. The normalized spacial score (nSPS) is 18.5. The Bertz CT molecular complexity index is 1130. The van der Waals surface area contributed by atoms with Gasteiger partial charge in [0.2, 0.25) is 5.91 Å². The van der Waals surface area contributed by atoms with Crippen molar-refractivity contribution >= 4 is 52.3 Å². The molecule has 0 aromatic carbocycles. The molecule has 2 N–H and O–H groups in total. The number of anilines is 1. The smallest absolute Gasteiger partial charge is 0.254 e. The molecule has 0 atom stereocenters. The van der Waals surface area contributed by atoms with Crippen LogP contribution in [0.2, 0.25) is 4.34 Å². The van der Waals surface area contributed by atoms with Crippen molar-refractivity contribution in [3.63, 3.8) is 0 Å². The zero-order chi connectivity index (χ0) is 18.5. The summed E-state index contributed by atoms with van der Waals surface area (Å²) in [4.78, 5) is 29.0. The van der Waals surface area contributed by atoms with Gasteiger partial charge in [0.25, 0.3) is 5.91 Å². The van der Waals surface area contributed by atoms with E-state index in [0.29, 0.717) is 27.2 Å². The highest BCUT2D eigenvalue weighted by molar-refractivity contribution is 7.19. The van der Waals surface area contributed by atoms with Crippen LogP contribution in [0.1, 0.15) is 24.8 Å². The molecule has 1 saturated heterocycles. The fraction of sp³-hybridized carbons (Fsp3) is 0.222. The average molecular weight is 400 g/mol. The van der Waals surface area contributed by atoms with Crippen LogP contribution in [-0.2, 0) is 9.59 Å². The Kier molecular flexibility index (Phi) is 3.76. The number of carbonyl (C=O) groups excluding carboxylic acids is 2. The van der Waals surface area contributed by atoms with E-state index < -0.39 is 0 Å². The summed E-state index contributed by atoms with van der Waals surface area (Å²) in [6, 6.07) is 6.18. The molecule has 0 bridgehead atoms. The lowest BCUT2D eigenvalue weighted by Crippen LogP contribution is -2.19. The number of hydrogen-bond donors (Lipinski definition) is 2. The van der Waals surface area contributed by atoms with E-state index in [4.69, 9.17) is 16.6 Å². The summed E-state index contributed by atoms with van der Waals surface area (Å²) < 4.78 is 2.43. The molecule has 136 valence electrons. The molecule has 3 aromatic rings. The van der Waals surface area contributed by atoms with Crippen molar-refractivity contribution in [2.45, 2.75) is 25.3 Å². The Morgan fingerprint density at radius 3 is 2.85 bits per heavy atom. The van der Waals surface area contributed by atoms with E-state index in [2.05, 4.69) is 15.7 Å². The molecule has 0 unspecified atom stereocenters. The topological polar surface area (TPSA) is 88.4 Å². The van der Waals surface area contributed by atoms with Crippen LogP contribution >= 0.6 is 22.9 Å². The number of nitrogens with one attached hydrogen (secondary N) is 2. The average Bonchev–Trinajstić information content (AvgIpc) is 3.04. The Hall–Kier alpha value is -2.71. The van der Waals surface area contributed by atoms with Gasteiger partial charge >= 0.3 is 0 Å². The van der Waals surface area contributed by atoms with Crippen molar-refractivity contribution in [1.29, 1.82) is 0 Å². The number of imide groups is 1. The van der Waals surface area contributed by atoms with Gasteiger partial charge in [-0.05, 0) is 31.1 Å². The summed E-state index contributed by atoms with van der Waals surface area (Å²) in [5.41, 5.74) is 2.52. The maximum absolute atomic E-state index is 11.9. The van der Waals surface area contributed by atoms with Crippen molar-refractivity contribution in [3.05, 3.63) is 39.9 Å². The predicted molar refractivity (Wildman–Crippen MR) is 104 cm³/mol. The first-order valence-electron chi connectivity index (χ1n) is 8.52. The molecule has 9 heteroatoms. The Balaban J connectivity index is 1.65. The second kappa shape index (κ2) is 6.17. The summed E-state index contributed by atoms with van der Waals surface area (Å²) in [7, 11) is 0. The van der Waals surface area contributed by atoms with E-state index in [9.17, 15) is 9.59 Å². The number of hydrogen-bond acceptors (Lipinski definition) is 6. The molecule has 1 saturated carbocycles. The highest BCUT2D eigenvalue weighted by Gasteiger charge is 2.26. The summed E-state index contributed by atoms with van der Waals surface area (Å²) in [6.45, 7) is 0. The zero-order valence-corrected chi connectivity index (χ0v) is 15.6. The van der Waals surface area contributed by atoms with Crippen LogP contribution in [0.4, 0.5) is 5.82 Å². The molecule has 4 heterocycles. The Morgan fingerprint density at radius 2 is 2.19 bits per heavy atom. The molecule has 3 aromatic heterocycles. The van der Waals surface area contributed by atoms with Crippen LogP contribution in [0, 0.1) is 0 Å². The summed E-state index contributed by atoms with van der Waals surface area (Å²) in [6.07, 6.45) is 5.68. The first-order valence-corrected chi connectivity index (χ1v) is 9.72. The van der Waals surface area contributed by atoms with E-state index in [1.807, 2.05) is 18.2 Å². The molecule has 2 amide bonds. The lowest BCUT2D eigenvalue weighted by molar-refractivity contribution is -0.124. The number of fused-ring (bicyclic) bond motifs is 1. The minimum Gasteiger partial charge on any atom is -0.367 e. The monoisotopic (exact) mass is 399 g/mol. The third-order valence-corrected chi connectivity index (χ3v) is 5.73. The highest BCUT2D eigenvalue weighted by Crippen LogP contribution is 2.33. The van der Waals surface area contributed by atoms with Gasteiger partial charge in [0.1, 0.15) is 5.82 Å². The zero-order valence-electron chi connectivity index (χ0n) is 14.0. The molecule has 5 rings (SSSR count). The van der Waals surface area contributed by atoms with Gasteiger partial charge < -0.3 is 5.32 Å². The van der Waals surface area contributed by atoms with Gasteiger partial charge in [-0.25, -0.2) is 4.98 Å². The third-order valence-electron chi connectivity index (χ3n) is 4.48. The first-order chi connectivity index (χ1) is 13.1. The van der Waals surface area contributed by atoms with Crippen LogP contribution in [0.3, 0.4) is 0 Å². The first kappa shape index (κ1) is 16.5. The van der Waals surface area contributed by atoms with Gasteiger partial charge in [0.05, 0.1) is 27.5 Å². The fourth-order valence-corrected chi connectivity index (χ4v) is 4.01. The number of halogens is 1. The van der Waals surface area contributed by atoms with Crippen molar-refractivity contribution in [1.82, 2.24) is 19.9 Å².